The highest BCUT2D eigenvalue weighted by molar-refractivity contribution is 5.84. The number of carboxylic acid groups (broad SMARTS) is 1. The van der Waals surface area contributed by atoms with Crippen LogP contribution in [0.1, 0.15) is 43.7 Å². The van der Waals surface area contributed by atoms with E-state index >= 15 is 0 Å². The van der Waals surface area contributed by atoms with E-state index in [1.807, 2.05) is 43.3 Å². The average Bonchev–Trinajstić information content (AvgIpc) is 3.09. The Bertz CT molecular complexity index is 928. The number of carbonyl (C=O) groups is 3. The first-order valence-electron chi connectivity index (χ1n) is 10.4. The number of carbonyl (C=O) groups excluding carboxylic acids is 2. The molecule has 3 rings (SSSR count). The fourth-order valence-corrected chi connectivity index (χ4v) is 3.84. The van der Waals surface area contributed by atoms with E-state index in [2.05, 4.69) is 17.4 Å². The molecule has 2 aromatic rings. The van der Waals surface area contributed by atoms with Gasteiger partial charge in [0.1, 0.15) is 12.6 Å². The zero-order valence-corrected chi connectivity index (χ0v) is 18.0. The van der Waals surface area contributed by atoms with Gasteiger partial charge in [0.15, 0.2) is 0 Å². The fraction of sp³-hybridized carbons (Fsp3) is 0.375. The molecule has 0 spiro atoms. The second kappa shape index (κ2) is 9.64. The number of benzene rings is 2. The van der Waals surface area contributed by atoms with Crippen LogP contribution in [0.25, 0.3) is 11.1 Å². The first-order valence-corrected chi connectivity index (χ1v) is 10.4. The molecule has 1 unspecified atom stereocenters. The van der Waals surface area contributed by atoms with Gasteiger partial charge in [-0.1, -0.05) is 55.5 Å². The Balaban J connectivity index is 1.59. The van der Waals surface area contributed by atoms with Crippen molar-refractivity contribution >= 4 is 18.0 Å². The minimum atomic E-state index is -1.08. The second-order valence-electron chi connectivity index (χ2n) is 7.80. The van der Waals surface area contributed by atoms with E-state index in [1.165, 1.54) is 18.9 Å². The molecule has 7 nitrogen and oxygen atoms in total. The summed E-state index contributed by atoms with van der Waals surface area (Å²) in [5, 5.41) is 11.8. The molecule has 0 saturated heterocycles. The van der Waals surface area contributed by atoms with Crippen molar-refractivity contribution in [3.05, 3.63) is 59.7 Å². The minimum absolute atomic E-state index is 0.00875. The Morgan fingerprint density at radius 1 is 1.06 bits per heavy atom. The summed E-state index contributed by atoms with van der Waals surface area (Å²) >= 11 is 0. The highest BCUT2D eigenvalue weighted by Crippen LogP contribution is 2.44. The number of fused-ring (bicyclic) bond motifs is 3. The number of aliphatic carboxylic acids is 1. The van der Waals surface area contributed by atoms with Crippen LogP contribution in [-0.2, 0) is 14.3 Å². The first-order chi connectivity index (χ1) is 14.8. The fourth-order valence-electron chi connectivity index (χ4n) is 3.84. The van der Waals surface area contributed by atoms with Crippen LogP contribution in [0.4, 0.5) is 4.79 Å². The third kappa shape index (κ3) is 4.87. The summed E-state index contributed by atoms with van der Waals surface area (Å²) in [6.45, 7) is 3.49. The van der Waals surface area contributed by atoms with Crippen molar-refractivity contribution < 1.29 is 24.2 Å². The predicted molar refractivity (Wildman–Crippen MR) is 117 cm³/mol. The van der Waals surface area contributed by atoms with Crippen molar-refractivity contribution in [3.8, 4) is 11.1 Å². The largest absolute Gasteiger partial charge is 0.480 e. The lowest BCUT2D eigenvalue weighted by atomic mass is 9.98. The van der Waals surface area contributed by atoms with Crippen molar-refractivity contribution in [3.63, 3.8) is 0 Å². The zero-order chi connectivity index (χ0) is 22.5. The zero-order valence-electron chi connectivity index (χ0n) is 18.0. The molecule has 1 aliphatic rings. The van der Waals surface area contributed by atoms with Crippen LogP contribution in [0.5, 0.6) is 0 Å². The molecule has 2 aromatic carbocycles. The van der Waals surface area contributed by atoms with Crippen molar-refractivity contribution in [2.24, 2.45) is 0 Å². The van der Waals surface area contributed by atoms with Gasteiger partial charge in [-0.25, -0.2) is 9.59 Å². The van der Waals surface area contributed by atoms with Crippen LogP contribution < -0.4 is 5.32 Å². The maximum absolute atomic E-state index is 12.4. The molecular formula is C24H28N2O5. The van der Waals surface area contributed by atoms with Crippen LogP contribution in [0.15, 0.2) is 48.5 Å². The van der Waals surface area contributed by atoms with Gasteiger partial charge in [0, 0.05) is 25.4 Å². The minimum Gasteiger partial charge on any atom is -0.480 e. The Kier molecular flexibility index (Phi) is 6.95. The lowest BCUT2D eigenvalue weighted by Gasteiger charge is -2.24. The quantitative estimate of drug-likeness (QED) is 0.675. The van der Waals surface area contributed by atoms with Crippen LogP contribution >= 0.6 is 0 Å². The molecule has 2 amide bonds. The van der Waals surface area contributed by atoms with E-state index < -0.39 is 24.1 Å². The summed E-state index contributed by atoms with van der Waals surface area (Å²) in [7, 11) is 1.45. The predicted octanol–water partition coefficient (Wildman–Crippen LogP) is 3.63. The van der Waals surface area contributed by atoms with E-state index in [0.29, 0.717) is 6.42 Å². The molecule has 0 radical (unpaired) electrons. The van der Waals surface area contributed by atoms with Gasteiger partial charge in [0.05, 0.1) is 0 Å². The smallest absolute Gasteiger partial charge is 0.407 e. The number of alkyl carbamates (subject to hydrolysis) is 1. The van der Waals surface area contributed by atoms with Crippen molar-refractivity contribution in [2.45, 2.75) is 44.7 Å². The Hall–Kier alpha value is -3.35. The normalized spacial score (nSPS) is 14.2. The highest BCUT2D eigenvalue weighted by atomic mass is 16.5. The van der Waals surface area contributed by atoms with Crippen molar-refractivity contribution in [1.29, 1.82) is 0 Å². The van der Waals surface area contributed by atoms with Gasteiger partial charge in [-0.3, -0.25) is 4.79 Å². The summed E-state index contributed by atoms with van der Waals surface area (Å²) in [4.78, 5) is 37.0. The Morgan fingerprint density at radius 2 is 1.61 bits per heavy atom. The van der Waals surface area contributed by atoms with E-state index in [1.54, 1.807) is 0 Å². The van der Waals surface area contributed by atoms with Gasteiger partial charge < -0.3 is 20.1 Å². The van der Waals surface area contributed by atoms with Crippen LogP contribution in [0.3, 0.4) is 0 Å². The van der Waals surface area contributed by atoms with Crippen LogP contribution in [-0.4, -0.2) is 53.7 Å². The number of hydrogen-bond donors (Lipinski definition) is 2. The van der Waals surface area contributed by atoms with E-state index in [4.69, 9.17) is 9.84 Å². The average molecular weight is 424 g/mol. The third-order valence-corrected chi connectivity index (χ3v) is 5.91. The van der Waals surface area contributed by atoms with E-state index in [0.717, 1.165) is 22.3 Å². The first kappa shape index (κ1) is 22.3. The molecule has 0 bridgehead atoms. The molecule has 2 atom stereocenters. The van der Waals surface area contributed by atoms with E-state index in [9.17, 15) is 14.4 Å². The Morgan fingerprint density at radius 3 is 2.13 bits per heavy atom. The number of likely N-dealkylation sites (N-methyl/N-ethyl adjacent to an activating group) is 1. The topological polar surface area (TPSA) is 95.9 Å². The molecule has 0 fully saturated rings. The van der Waals surface area contributed by atoms with Crippen molar-refractivity contribution in [1.82, 2.24) is 10.2 Å². The van der Waals surface area contributed by atoms with Gasteiger partial charge in [-0.05, 0) is 35.6 Å². The lowest BCUT2D eigenvalue weighted by molar-refractivity contribution is -0.148. The third-order valence-electron chi connectivity index (χ3n) is 5.91. The standard InChI is InChI=1S/C24H28N2O5/c1-4-16(13-22(27)26(3)15(2)23(28)29)25-24(30)31-14-21-19-11-7-5-9-17(19)18-10-6-8-12-20(18)21/h5-12,15-16,21H,4,13-14H2,1-3H3,(H,25,30)(H,28,29)/t15?,16-/m0/s1. The van der Waals surface area contributed by atoms with Crippen LogP contribution in [0.2, 0.25) is 0 Å². The molecule has 0 heterocycles. The molecule has 31 heavy (non-hydrogen) atoms. The number of hydrogen-bond acceptors (Lipinski definition) is 4. The SMILES string of the molecule is CC[C@@H](CC(=O)N(C)C(C)C(=O)O)NC(=O)OCC1c2ccccc2-c2ccccc21. The summed E-state index contributed by atoms with van der Waals surface area (Å²) < 4.78 is 5.53. The number of nitrogens with zero attached hydrogens (tertiary/aromatic N) is 1. The molecule has 164 valence electrons. The van der Waals surface area contributed by atoms with Crippen LogP contribution in [0, 0.1) is 0 Å². The summed E-state index contributed by atoms with van der Waals surface area (Å²) in [5.74, 6) is -1.46. The van der Waals surface area contributed by atoms with Gasteiger partial charge in [-0.2, -0.15) is 0 Å². The number of rotatable bonds is 8. The lowest BCUT2D eigenvalue weighted by Crippen LogP contribution is -2.44. The Labute approximate surface area is 182 Å². The van der Waals surface area contributed by atoms with E-state index in [-0.39, 0.29) is 24.9 Å². The molecule has 2 N–H and O–H groups in total. The second-order valence-corrected chi connectivity index (χ2v) is 7.80. The monoisotopic (exact) mass is 424 g/mol. The molecular weight excluding hydrogens is 396 g/mol. The van der Waals surface area contributed by atoms with Gasteiger partial charge in [0.25, 0.3) is 0 Å². The summed E-state index contributed by atoms with van der Waals surface area (Å²) in [5.41, 5.74) is 4.56. The number of amides is 2. The molecule has 7 heteroatoms. The highest BCUT2D eigenvalue weighted by Gasteiger charge is 2.29. The van der Waals surface area contributed by atoms with Gasteiger partial charge in [-0.15, -0.1) is 0 Å². The number of carboxylic acids is 1. The maximum Gasteiger partial charge on any atom is 0.407 e. The number of ether oxygens (including phenoxy) is 1. The summed E-state index contributed by atoms with van der Waals surface area (Å²) in [6, 6.07) is 14.8. The van der Waals surface area contributed by atoms with Crippen molar-refractivity contribution in [2.75, 3.05) is 13.7 Å². The molecule has 1 aliphatic carbocycles. The molecule has 0 aliphatic heterocycles. The maximum atomic E-state index is 12.4. The van der Waals surface area contributed by atoms with Gasteiger partial charge in [0.2, 0.25) is 5.91 Å². The number of nitrogens with one attached hydrogen (secondary N) is 1. The van der Waals surface area contributed by atoms with Gasteiger partial charge >= 0.3 is 12.1 Å². The molecule has 0 aromatic heterocycles. The summed E-state index contributed by atoms with van der Waals surface area (Å²) in [6.07, 6.45) is -0.0597. The molecule has 0 saturated carbocycles.